The number of hydrogen-bond donors (Lipinski definition) is 0. The number of carbonyl (C=O) groups excluding carboxylic acids is 1. The summed E-state index contributed by atoms with van der Waals surface area (Å²) >= 11 is 1.32. The zero-order valence-corrected chi connectivity index (χ0v) is 13.2. The van der Waals surface area contributed by atoms with Gasteiger partial charge in [0.2, 0.25) is 0 Å². The van der Waals surface area contributed by atoms with Gasteiger partial charge in [-0.15, -0.1) is 11.3 Å². The number of ether oxygens (including phenoxy) is 2. The van der Waals surface area contributed by atoms with Gasteiger partial charge in [0.05, 0.1) is 18.2 Å². The fourth-order valence-corrected chi connectivity index (χ4v) is 2.75. The van der Waals surface area contributed by atoms with Crippen LogP contribution in [0.4, 0.5) is 0 Å². The number of Topliss-reactive ketones (excluding diaryl/α,β-unsaturated/α-hetero) is 1. The van der Waals surface area contributed by atoms with Crippen LogP contribution in [0.15, 0.2) is 29.6 Å². The molecule has 0 saturated heterocycles. The van der Waals surface area contributed by atoms with Gasteiger partial charge in [0, 0.05) is 18.2 Å². The van der Waals surface area contributed by atoms with Crippen molar-refractivity contribution in [2.75, 3.05) is 20.3 Å². The monoisotopic (exact) mass is 316 g/mol. The highest BCUT2D eigenvalue weighted by atomic mass is 32.1. The van der Waals surface area contributed by atoms with E-state index in [4.69, 9.17) is 9.47 Å². The molecule has 0 radical (unpaired) electrons. The lowest BCUT2D eigenvalue weighted by molar-refractivity contribution is 0.0971. The second-order valence-corrected chi connectivity index (χ2v) is 5.48. The highest BCUT2D eigenvalue weighted by molar-refractivity contribution is 7.10. The summed E-state index contributed by atoms with van der Waals surface area (Å²) in [5, 5.41) is 11.7. The number of thiazole rings is 1. The number of ketones is 1. The van der Waals surface area contributed by atoms with Gasteiger partial charge in [-0.1, -0.05) is 12.1 Å². The molecule has 1 heterocycles. The van der Waals surface area contributed by atoms with Crippen LogP contribution < -0.4 is 4.74 Å². The number of aryl methyl sites for hydroxylation is 1. The van der Waals surface area contributed by atoms with Crippen LogP contribution in [0, 0.1) is 18.3 Å². The topological polar surface area (TPSA) is 72.2 Å². The third kappa shape index (κ3) is 3.70. The van der Waals surface area contributed by atoms with Crippen LogP contribution in [-0.4, -0.2) is 31.1 Å². The molecule has 22 heavy (non-hydrogen) atoms. The van der Waals surface area contributed by atoms with Crippen molar-refractivity contribution in [3.8, 4) is 11.8 Å². The molecule has 0 aliphatic rings. The molecule has 0 N–H and O–H groups in total. The van der Waals surface area contributed by atoms with Crippen LogP contribution in [-0.2, 0) is 4.74 Å². The second kappa shape index (κ2) is 7.69. The summed E-state index contributed by atoms with van der Waals surface area (Å²) in [6, 6.07) is 8.95. The van der Waals surface area contributed by atoms with Crippen molar-refractivity contribution < 1.29 is 14.3 Å². The summed E-state index contributed by atoms with van der Waals surface area (Å²) in [6.45, 7) is 2.60. The number of benzene rings is 1. The minimum absolute atomic E-state index is 0.301. The van der Waals surface area contributed by atoms with Crippen molar-refractivity contribution >= 4 is 17.1 Å². The van der Waals surface area contributed by atoms with E-state index in [1.54, 1.807) is 31.4 Å². The number of nitriles is 1. The van der Waals surface area contributed by atoms with Gasteiger partial charge in [0.1, 0.15) is 17.4 Å². The summed E-state index contributed by atoms with van der Waals surface area (Å²) in [4.78, 5) is 16.9. The van der Waals surface area contributed by atoms with Crippen LogP contribution in [0.2, 0.25) is 0 Å². The molecular formula is C16H16N2O3S. The molecule has 1 atom stereocenters. The van der Waals surface area contributed by atoms with E-state index in [0.717, 1.165) is 5.69 Å². The molecule has 2 rings (SSSR count). The van der Waals surface area contributed by atoms with E-state index in [2.05, 4.69) is 4.98 Å². The Balaban J connectivity index is 2.26. The summed E-state index contributed by atoms with van der Waals surface area (Å²) in [7, 11) is 1.58. The van der Waals surface area contributed by atoms with Gasteiger partial charge in [-0.25, -0.2) is 4.98 Å². The van der Waals surface area contributed by atoms with E-state index in [1.165, 1.54) is 11.3 Å². The lowest BCUT2D eigenvalue weighted by atomic mass is 9.98. The fraction of sp³-hybridized carbons (Fsp3) is 0.312. The van der Waals surface area contributed by atoms with Crippen LogP contribution in [0.1, 0.15) is 27.0 Å². The zero-order valence-electron chi connectivity index (χ0n) is 12.4. The van der Waals surface area contributed by atoms with Gasteiger partial charge in [0.25, 0.3) is 0 Å². The molecule has 0 saturated carbocycles. The number of aromatic nitrogens is 1. The molecule has 0 fully saturated rings. The molecule has 0 amide bonds. The van der Waals surface area contributed by atoms with Gasteiger partial charge in [0.15, 0.2) is 11.7 Å². The van der Waals surface area contributed by atoms with Crippen molar-refractivity contribution in [1.29, 1.82) is 5.26 Å². The predicted octanol–water partition coefficient (Wildman–Crippen LogP) is 2.97. The van der Waals surface area contributed by atoms with Crippen molar-refractivity contribution in [2.24, 2.45) is 0 Å². The molecule has 0 spiro atoms. The minimum atomic E-state index is -0.911. The minimum Gasteiger partial charge on any atom is -0.490 e. The molecule has 0 unspecified atom stereocenters. The number of nitrogens with zero attached hydrogens (tertiary/aromatic N) is 2. The van der Waals surface area contributed by atoms with E-state index >= 15 is 0 Å². The first kappa shape index (κ1) is 16.1. The van der Waals surface area contributed by atoms with Gasteiger partial charge in [-0.2, -0.15) is 5.26 Å². The van der Waals surface area contributed by atoms with E-state index in [1.807, 2.05) is 18.4 Å². The number of methoxy groups -OCH3 is 1. The molecule has 0 aliphatic carbocycles. The molecule has 5 nitrogen and oxygen atoms in total. The third-order valence-electron chi connectivity index (χ3n) is 2.97. The molecule has 6 heteroatoms. The molecule has 114 valence electrons. The Labute approximate surface area is 133 Å². The number of carbonyl (C=O) groups is 1. The Morgan fingerprint density at radius 3 is 2.82 bits per heavy atom. The maximum Gasteiger partial charge on any atom is 0.190 e. The summed E-state index contributed by atoms with van der Waals surface area (Å²) in [5.41, 5.74) is 1.19. The van der Waals surface area contributed by atoms with Crippen LogP contribution >= 0.6 is 11.3 Å². The lowest BCUT2D eigenvalue weighted by Gasteiger charge is -2.12. The van der Waals surface area contributed by atoms with Gasteiger partial charge in [-0.3, -0.25) is 4.79 Å². The Hall–Kier alpha value is -2.23. The molecule has 0 bridgehead atoms. The summed E-state index contributed by atoms with van der Waals surface area (Å²) in [6.07, 6.45) is 0. The Morgan fingerprint density at radius 1 is 1.41 bits per heavy atom. The van der Waals surface area contributed by atoms with Gasteiger partial charge in [-0.05, 0) is 19.1 Å². The van der Waals surface area contributed by atoms with Crippen LogP contribution in [0.3, 0.4) is 0 Å². The predicted molar refractivity (Wildman–Crippen MR) is 83.3 cm³/mol. The number of para-hydroxylation sites is 1. The SMILES string of the molecule is COCCOc1ccccc1C(=O)[C@H](C#N)c1nc(C)cs1. The Bertz CT molecular complexity index is 691. The highest BCUT2D eigenvalue weighted by Gasteiger charge is 2.26. The third-order valence-corrected chi connectivity index (χ3v) is 4.00. The van der Waals surface area contributed by atoms with E-state index in [9.17, 15) is 10.1 Å². The molecule has 0 aliphatic heterocycles. The van der Waals surface area contributed by atoms with E-state index in [0.29, 0.717) is 29.5 Å². The van der Waals surface area contributed by atoms with Crippen molar-refractivity contribution in [2.45, 2.75) is 12.8 Å². The average Bonchev–Trinajstić information content (AvgIpc) is 2.95. The van der Waals surface area contributed by atoms with Gasteiger partial charge < -0.3 is 9.47 Å². The first-order valence-corrected chi connectivity index (χ1v) is 7.62. The quantitative estimate of drug-likeness (QED) is 0.580. The molecular weight excluding hydrogens is 300 g/mol. The molecule has 2 aromatic rings. The van der Waals surface area contributed by atoms with Crippen molar-refractivity contribution in [1.82, 2.24) is 4.98 Å². The van der Waals surface area contributed by atoms with E-state index < -0.39 is 5.92 Å². The number of hydrogen-bond acceptors (Lipinski definition) is 6. The normalized spacial score (nSPS) is 11.7. The van der Waals surface area contributed by atoms with E-state index in [-0.39, 0.29) is 5.78 Å². The summed E-state index contributed by atoms with van der Waals surface area (Å²) in [5.74, 6) is -0.756. The first-order valence-electron chi connectivity index (χ1n) is 6.74. The maximum atomic E-state index is 12.7. The summed E-state index contributed by atoms with van der Waals surface area (Å²) < 4.78 is 10.5. The maximum absolute atomic E-state index is 12.7. The smallest absolute Gasteiger partial charge is 0.190 e. The Morgan fingerprint density at radius 2 is 2.18 bits per heavy atom. The van der Waals surface area contributed by atoms with Crippen LogP contribution in [0.25, 0.3) is 0 Å². The standard InChI is InChI=1S/C16H16N2O3S/c1-11-10-22-16(18-11)13(9-17)15(19)12-5-3-4-6-14(12)21-8-7-20-2/h3-6,10,13H,7-8H2,1-2H3/t13-/m0/s1. The van der Waals surface area contributed by atoms with Crippen LogP contribution in [0.5, 0.6) is 5.75 Å². The van der Waals surface area contributed by atoms with Crippen molar-refractivity contribution in [3.05, 3.63) is 45.9 Å². The highest BCUT2D eigenvalue weighted by Crippen LogP contribution is 2.28. The molecule has 1 aromatic heterocycles. The second-order valence-electron chi connectivity index (χ2n) is 4.59. The van der Waals surface area contributed by atoms with Gasteiger partial charge >= 0.3 is 0 Å². The number of rotatable bonds is 7. The van der Waals surface area contributed by atoms with Crippen molar-refractivity contribution in [3.63, 3.8) is 0 Å². The average molecular weight is 316 g/mol. The first-order chi connectivity index (χ1) is 10.7. The largest absolute Gasteiger partial charge is 0.490 e. The fourth-order valence-electron chi connectivity index (χ4n) is 1.92. The molecule has 1 aromatic carbocycles. The lowest BCUT2D eigenvalue weighted by Crippen LogP contribution is -2.14. The zero-order chi connectivity index (χ0) is 15.9. The Kier molecular flexibility index (Phi) is 5.64.